The van der Waals surface area contributed by atoms with Gasteiger partial charge in [0.2, 0.25) is 5.95 Å². The number of imidazole rings is 1. The number of ether oxygens (including phenoxy) is 3. The van der Waals surface area contributed by atoms with E-state index in [0.29, 0.717) is 11.2 Å². The van der Waals surface area contributed by atoms with Crippen LogP contribution in [0.25, 0.3) is 11.2 Å². The Hall–Kier alpha value is -1.62. The summed E-state index contributed by atoms with van der Waals surface area (Å²) in [6.07, 6.45) is 0.848. The minimum atomic E-state index is -4.01. The molecule has 0 aliphatic carbocycles. The van der Waals surface area contributed by atoms with Crippen molar-refractivity contribution in [1.29, 1.82) is 0 Å². The summed E-state index contributed by atoms with van der Waals surface area (Å²) in [5, 5.41) is 0. The van der Waals surface area contributed by atoms with E-state index < -0.39 is 31.6 Å². The van der Waals surface area contributed by atoms with Crippen LogP contribution < -0.4 is 10.6 Å². The van der Waals surface area contributed by atoms with Crippen molar-refractivity contribution in [2.24, 2.45) is 0 Å². The summed E-state index contributed by atoms with van der Waals surface area (Å²) in [7, 11) is -2.51. The molecule has 2 unspecified atom stereocenters. The number of nitrogens with zero attached hydrogens (tertiary/aromatic N) is 4. The van der Waals surface area contributed by atoms with Gasteiger partial charge >= 0.3 is 0 Å². The molecule has 4 heterocycles. The fourth-order valence-electron chi connectivity index (χ4n) is 3.35. The lowest BCUT2D eigenvalue weighted by Crippen LogP contribution is -2.46. The van der Waals surface area contributed by atoms with Crippen LogP contribution in [-0.4, -0.2) is 64.3 Å². The number of anilines is 1. The van der Waals surface area contributed by atoms with Crippen LogP contribution in [0.3, 0.4) is 0 Å². The second-order valence-corrected chi connectivity index (χ2v) is 7.92. The van der Waals surface area contributed by atoms with Gasteiger partial charge in [-0.3, -0.25) is 4.57 Å². The second kappa shape index (κ2) is 5.70. The van der Waals surface area contributed by atoms with Gasteiger partial charge in [0.15, 0.2) is 11.9 Å². The number of nitrogen functional groups attached to an aromatic ring is 1. The number of nitrogens with two attached hydrogens (primary N) is 1. The van der Waals surface area contributed by atoms with Crippen molar-refractivity contribution in [2.45, 2.75) is 24.0 Å². The van der Waals surface area contributed by atoms with E-state index in [4.69, 9.17) is 24.5 Å². The first-order valence-electron chi connectivity index (χ1n) is 7.53. The minimum absolute atomic E-state index is 0.0929. The second-order valence-electron chi connectivity index (χ2n) is 6.17. The predicted octanol–water partition coefficient (Wildman–Crippen LogP) is -0.710. The van der Waals surface area contributed by atoms with Crippen molar-refractivity contribution in [1.82, 2.24) is 19.5 Å². The number of fused-ring (bicyclic) bond motifs is 3. The Morgan fingerprint density at radius 1 is 1.56 bits per heavy atom. The predicted molar refractivity (Wildman–Crippen MR) is 82.6 cm³/mol. The summed E-state index contributed by atoms with van der Waals surface area (Å²) in [5.41, 5.74) is 5.61. The minimum Gasteiger partial charge on any atom is -0.779 e. The van der Waals surface area contributed by atoms with E-state index in [9.17, 15) is 9.46 Å². The highest BCUT2D eigenvalue weighted by molar-refractivity contribution is 7.50. The number of aromatic nitrogens is 4. The van der Waals surface area contributed by atoms with Crippen molar-refractivity contribution in [3.8, 4) is 0 Å². The maximum atomic E-state index is 11.7. The highest BCUT2D eigenvalue weighted by Crippen LogP contribution is 2.51. The molecule has 0 spiro atoms. The monoisotopic (exact) mass is 370 g/mol. The molecule has 2 aliphatic rings. The quantitative estimate of drug-likeness (QED) is 0.669. The van der Waals surface area contributed by atoms with Crippen LogP contribution in [0.1, 0.15) is 6.23 Å². The van der Waals surface area contributed by atoms with E-state index in [-0.39, 0.29) is 19.2 Å². The van der Waals surface area contributed by atoms with Crippen LogP contribution >= 0.6 is 7.60 Å². The molecule has 0 amide bonds. The fraction of sp³-hybridized carbons (Fsp3) is 0.615. The molecule has 0 radical (unpaired) electrons. The first-order chi connectivity index (χ1) is 11.8. The Bertz CT molecular complexity index is 855. The van der Waals surface area contributed by atoms with Crippen LogP contribution in [0.2, 0.25) is 0 Å². The highest BCUT2D eigenvalue weighted by atomic mass is 31.2. The Morgan fingerprint density at radius 3 is 3.08 bits per heavy atom. The van der Waals surface area contributed by atoms with E-state index in [2.05, 4.69) is 15.0 Å². The zero-order chi connectivity index (χ0) is 17.8. The molecule has 0 aromatic carbocycles. The van der Waals surface area contributed by atoms with E-state index in [0.717, 1.165) is 6.66 Å². The Labute approximate surface area is 142 Å². The average molecular weight is 370 g/mol. The third-order valence-corrected chi connectivity index (χ3v) is 4.89. The summed E-state index contributed by atoms with van der Waals surface area (Å²) in [6, 6.07) is 0. The standard InChI is InChI=1S/C13H18N5O6P/c1-21-4-13-5-22-8(9(13)24-25(2,19)20)11(23-13)18-6-16-7-3-15-12(14)17-10(7)18/h3,6,8-9,11H,4-5H2,1-2H3,(H,19,20)(H2,14,15,17)/p-1/t8-,9?,11+,13-/m0/s1. The van der Waals surface area contributed by atoms with Gasteiger partial charge in [-0.25, -0.2) is 9.97 Å². The Morgan fingerprint density at radius 2 is 2.36 bits per heavy atom. The first-order valence-corrected chi connectivity index (χ1v) is 9.52. The van der Waals surface area contributed by atoms with Crippen LogP contribution in [-0.2, 0) is 23.3 Å². The number of rotatable bonds is 5. The van der Waals surface area contributed by atoms with Gasteiger partial charge in [0.1, 0.15) is 30.9 Å². The maximum absolute atomic E-state index is 11.7. The summed E-state index contributed by atoms with van der Waals surface area (Å²) < 4.78 is 35.7. The summed E-state index contributed by atoms with van der Waals surface area (Å²) in [5.74, 6) is 0.0929. The van der Waals surface area contributed by atoms with Gasteiger partial charge < -0.3 is 33.9 Å². The fourth-order valence-corrected chi connectivity index (χ4v) is 4.08. The number of methoxy groups -OCH3 is 1. The van der Waals surface area contributed by atoms with Gasteiger partial charge in [-0.05, 0) is 0 Å². The van der Waals surface area contributed by atoms with Crippen molar-refractivity contribution in [3.05, 3.63) is 12.5 Å². The summed E-state index contributed by atoms with van der Waals surface area (Å²) in [6.45, 7) is 1.30. The molecule has 2 aromatic heterocycles. The zero-order valence-corrected chi connectivity index (χ0v) is 14.5. The molecule has 2 N–H and O–H groups in total. The van der Waals surface area contributed by atoms with Gasteiger partial charge in [0, 0.05) is 13.8 Å². The van der Waals surface area contributed by atoms with Crippen molar-refractivity contribution in [3.63, 3.8) is 0 Å². The summed E-state index contributed by atoms with van der Waals surface area (Å²) >= 11 is 0. The SMILES string of the molecule is COC[C@]12CO[C@@H](C1OP(C)(=O)[O-])[C@H](n1cnc3cnc(N)nc31)O2. The van der Waals surface area contributed by atoms with Gasteiger partial charge in [-0.1, -0.05) is 0 Å². The normalized spacial score (nSPS) is 33.8. The maximum Gasteiger partial charge on any atom is 0.222 e. The zero-order valence-electron chi connectivity index (χ0n) is 13.6. The lowest BCUT2D eigenvalue weighted by atomic mass is 10.0. The molecule has 2 aliphatic heterocycles. The van der Waals surface area contributed by atoms with Gasteiger partial charge in [0.25, 0.3) is 0 Å². The molecule has 2 fully saturated rings. The van der Waals surface area contributed by atoms with Gasteiger partial charge in [0.05, 0.1) is 25.7 Å². The van der Waals surface area contributed by atoms with Crippen molar-refractivity contribution in [2.75, 3.05) is 32.7 Å². The van der Waals surface area contributed by atoms with Gasteiger partial charge in [-0.15, -0.1) is 0 Å². The summed E-state index contributed by atoms with van der Waals surface area (Å²) in [4.78, 5) is 24.0. The lowest BCUT2D eigenvalue weighted by molar-refractivity contribution is -0.208. The first kappa shape index (κ1) is 16.8. The van der Waals surface area contributed by atoms with E-state index >= 15 is 0 Å². The molecule has 4 rings (SSSR count). The molecule has 5 atom stereocenters. The van der Waals surface area contributed by atoms with Gasteiger partial charge in [-0.2, -0.15) is 4.98 Å². The molecule has 2 bridgehead atoms. The van der Waals surface area contributed by atoms with E-state index in [1.54, 1.807) is 4.57 Å². The molecule has 12 heteroatoms. The average Bonchev–Trinajstić information content (AvgIpc) is 3.16. The molecule has 0 saturated carbocycles. The third kappa shape index (κ3) is 2.73. The van der Waals surface area contributed by atoms with Crippen molar-refractivity contribution >= 4 is 24.7 Å². The molecule has 136 valence electrons. The molecule has 2 aromatic rings. The smallest absolute Gasteiger partial charge is 0.222 e. The topological polar surface area (TPSA) is 147 Å². The van der Waals surface area contributed by atoms with Crippen LogP contribution in [0.5, 0.6) is 0 Å². The van der Waals surface area contributed by atoms with E-state index in [1.165, 1.54) is 19.6 Å². The molecule has 11 nitrogen and oxygen atoms in total. The Balaban J connectivity index is 1.74. The van der Waals surface area contributed by atoms with Crippen molar-refractivity contribution < 1.29 is 28.2 Å². The lowest BCUT2D eigenvalue weighted by Gasteiger charge is -2.32. The number of hydrogen-bond donors (Lipinski definition) is 1. The third-order valence-electron chi connectivity index (χ3n) is 4.28. The van der Waals surface area contributed by atoms with Crippen LogP contribution in [0.15, 0.2) is 12.5 Å². The molecule has 2 saturated heterocycles. The Kier molecular flexibility index (Phi) is 3.83. The number of hydrogen-bond acceptors (Lipinski definition) is 10. The largest absolute Gasteiger partial charge is 0.779 e. The molecular formula is C13H17N5O6P-. The van der Waals surface area contributed by atoms with Crippen LogP contribution in [0.4, 0.5) is 5.95 Å². The molecule has 25 heavy (non-hydrogen) atoms. The van der Waals surface area contributed by atoms with Crippen LogP contribution in [0, 0.1) is 0 Å². The van der Waals surface area contributed by atoms with E-state index in [1.807, 2.05) is 0 Å². The molecular weight excluding hydrogens is 353 g/mol. The highest BCUT2D eigenvalue weighted by Gasteiger charge is 2.64.